The molecule has 3 aromatic carbocycles. The van der Waals surface area contributed by atoms with Crippen molar-refractivity contribution in [2.24, 2.45) is 0 Å². The highest BCUT2D eigenvalue weighted by Crippen LogP contribution is 2.33. The Balaban J connectivity index is 1.05. The van der Waals surface area contributed by atoms with Gasteiger partial charge in [-0.1, -0.05) is 23.7 Å². The van der Waals surface area contributed by atoms with Crippen LogP contribution >= 0.6 is 11.6 Å². The lowest BCUT2D eigenvalue weighted by Crippen LogP contribution is -2.48. The first-order valence-electron chi connectivity index (χ1n) is 13.4. The summed E-state index contributed by atoms with van der Waals surface area (Å²) in [6.07, 6.45) is 0. The SMILES string of the molecule is O=C1Nc2cc(C(=O)N3CCN(Cc4ccc5c(c4)OCO5)CC3)ccc2N[C@H]1CS(=O)(=O)Cc1ccc(F)cc1Cl. The predicted octanol–water partition coefficient (Wildman–Crippen LogP) is 3.51. The lowest BCUT2D eigenvalue weighted by Gasteiger charge is -2.35. The zero-order valence-corrected chi connectivity index (χ0v) is 24.0. The number of benzene rings is 3. The maximum atomic E-state index is 13.3. The summed E-state index contributed by atoms with van der Waals surface area (Å²) in [6, 6.07) is 13.3. The second-order valence-corrected chi connectivity index (χ2v) is 13.0. The molecule has 6 rings (SSSR count). The Kier molecular flexibility index (Phi) is 7.69. The molecule has 2 N–H and O–H groups in total. The van der Waals surface area contributed by atoms with Crippen molar-refractivity contribution in [1.29, 1.82) is 0 Å². The van der Waals surface area contributed by atoms with Gasteiger partial charge in [-0.3, -0.25) is 14.5 Å². The smallest absolute Gasteiger partial charge is 0.254 e. The van der Waals surface area contributed by atoms with Crippen molar-refractivity contribution in [2.75, 3.05) is 49.4 Å². The molecule has 3 aliphatic rings. The average Bonchev–Trinajstić information content (AvgIpc) is 3.43. The van der Waals surface area contributed by atoms with Crippen LogP contribution in [0.3, 0.4) is 0 Å². The molecule has 3 aliphatic heterocycles. The fourth-order valence-electron chi connectivity index (χ4n) is 5.27. The number of halogens is 2. The second-order valence-electron chi connectivity index (χ2n) is 10.5. The Morgan fingerprint density at radius 3 is 2.55 bits per heavy atom. The topological polar surface area (TPSA) is 117 Å². The van der Waals surface area contributed by atoms with Crippen LogP contribution in [-0.2, 0) is 26.9 Å². The van der Waals surface area contributed by atoms with Gasteiger partial charge in [0.05, 0.1) is 22.9 Å². The zero-order valence-electron chi connectivity index (χ0n) is 22.4. The molecule has 0 bridgehead atoms. The van der Waals surface area contributed by atoms with Gasteiger partial charge in [0.25, 0.3) is 5.91 Å². The lowest BCUT2D eigenvalue weighted by molar-refractivity contribution is -0.116. The van der Waals surface area contributed by atoms with E-state index in [4.69, 9.17) is 21.1 Å². The third-order valence-corrected chi connectivity index (χ3v) is 9.43. The van der Waals surface area contributed by atoms with Crippen LogP contribution in [0.15, 0.2) is 54.6 Å². The van der Waals surface area contributed by atoms with Crippen LogP contribution < -0.4 is 20.1 Å². The number of piperazine rings is 1. The first kappa shape index (κ1) is 28.3. The van der Waals surface area contributed by atoms with Crippen LogP contribution in [0.1, 0.15) is 21.5 Å². The molecule has 10 nitrogen and oxygen atoms in total. The van der Waals surface area contributed by atoms with Crippen LogP contribution in [0.2, 0.25) is 5.02 Å². The van der Waals surface area contributed by atoms with E-state index in [-0.39, 0.29) is 23.3 Å². The third kappa shape index (κ3) is 6.15. The lowest BCUT2D eigenvalue weighted by atomic mass is 10.1. The van der Waals surface area contributed by atoms with E-state index >= 15 is 0 Å². The van der Waals surface area contributed by atoms with E-state index in [0.29, 0.717) is 43.1 Å². The Morgan fingerprint density at radius 1 is 0.976 bits per heavy atom. The molecule has 220 valence electrons. The fourth-order valence-corrected chi connectivity index (χ4v) is 7.17. The van der Waals surface area contributed by atoms with Crippen molar-refractivity contribution in [1.82, 2.24) is 9.80 Å². The summed E-state index contributed by atoms with van der Waals surface area (Å²) in [5, 5.41) is 5.70. The largest absolute Gasteiger partial charge is 0.454 e. The number of hydrogen-bond acceptors (Lipinski definition) is 8. The van der Waals surface area contributed by atoms with Crippen molar-refractivity contribution in [3.63, 3.8) is 0 Å². The molecule has 0 radical (unpaired) electrons. The highest BCUT2D eigenvalue weighted by molar-refractivity contribution is 7.90. The van der Waals surface area contributed by atoms with Gasteiger partial charge in [-0.2, -0.15) is 0 Å². The van der Waals surface area contributed by atoms with Gasteiger partial charge >= 0.3 is 0 Å². The molecule has 1 saturated heterocycles. The number of rotatable bonds is 7. The van der Waals surface area contributed by atoms with Crippen LogP contribution in [0.5, 0.6) is 11.5 Å². The van der Waals surface area contributed by atoms with E-state index in [9.17, 15) is 22.4 Å². The normalized spacial score (nSPS) is 18.3. The van der Waals surface area contributed by atoms with E-state index in [1.165, 1.54) is 6.07 Å². The van der Waals surface area contributed by atoms with Crippen molar-refractivity contribution >= 4 is 44.6 Å². The Morgan fingerprint density at radius 2 is 1.76 bits per heavy atom. The monoisotopic (exact) mass is 614 g/mol. The molecule has 3 heterocycles. The van der Waals surface area contributed by atoms with Gasteiger partial charge in [0, 0.05) is 43.3 Å². The van der Waals surface area contributed by atoms with Crippen LogP contribution in [0, 0.1) is 5.82 Å². The van der Waals surface area contributed by atoms with Gasteiger partial charge in [-0.25, -0.2) is 12.8 Å². The maximum Gasteiger partial charge on any atom is 0.254 e. The standard InChI is InChI=1S/C29H28ClFN4O6S/c30-22-13-21(31)4-2-20(22)15-42(38,39)16-25-28(36)33-24-12-19(3-5-23(24)32-25)29(37)35-9-7-34(8-10-35)14-18-1-6-26-27(11-18)41-17-40-26/h1-6,11-13,25,32H,7-10,14-17H2,(H,33,36)/t25-/m0/s1. The quantitative estimate of drug-likeness (QED) is 0.415. The van der Waals surface area contributed by atoms with Crippen molar-refractivity contribution in [2.45, 2.75) is 18.3 Å². The molecule has 13 heteroatoms. The first-order valence-corrected chi connectivity index (χ1v) is 15.6. The molecule has 0 saturated carbocycles. The van der Waals surface area contributed by atoms with Gasteiger partial charge in [0.1, 0.15) is 11.9 Å². The minimum atomic E-state index is -3.78. The molecule has 42 heavy (non-hydrogen) atoms. The molecule has 3 aromatic rings. The summed E-state index contributed by atoms with van der Waals surface area (Å²) in [7, 11) is -3.78. The van der Waals surface area contributed by atoms with E-state index in [2.05, 4.69) is 15.5 Å². The molecule has 0 aliphatic carbocycles. The third-order valence-electron chi connectivity index (χ3n) is 7.48. The number of sulfone groups is 1. The Hall–Kier alpha value is -3.87. The van der Waals surface area contributed by atoms with Crippen molar-refractivity contribution in [3.05, 3.63) is 82.1 Å². The van der Waals surface area contributed by atoms with Crippen molar-refractivity contribution < 1.29 is 31.9 Å². The summed E-state index contributed by atoms with van der Waals surface area (Å²) in [5.41, 5.74) is 2.72. The highest BCUT2D eigenvalue weighted by Gasteiger charge is 2.32. The fraction of sp³-hybridized carbons (Fsp3) is 0.310. The number of carbonyl (C=O) groups is 2. The van der Waals surface area contributed by atoms with Gasteiger partial charge in [0.2, 0.25) is 12.7 Å². The molecule has 1 atom stereocenters. The number of carbonyl (C=O) groups excluding carboxylic acids is 2. The second kappa shape index (κ2) is 11.4. The minimum Gasteiger partial charge on any atom is -0.454 e. The molecule has 1 fully saturated rings. The Labute approximate surface area is 247 Å². The molecule has 0 unspecified atom stereocenters. The van der Waals surface area contributed by atoms with Gasteiger partial charge in [0.15, 0.2) is 21.3 Å². The van der Waals surface area contributed by atoms with E-state index in [1.807, 2.05) is 18.2 Å². The number of nitrogens with one attached hydrogen (secondary N) is 2. The highest BCUT2D eigenvalue weighted by atomic mass is 35.5. The number of hydrogen-bond donors (Lipinski definition) is 2. The van der Waals surface area contributed by atoms with Gasteiger partial charge in [-0.15, -0.1) is 0 Å². The van der Waals surface area contributed by atoms with E-state index in [1.54, 1.807) is 23.1 Å². The van der Waals surface area contributed by atoms with Crippen LogP contribution in [0.4, 0.5) is 15.8 Å². The minimum absolute atomic E-state index is 0.00767. The maximum absolute atomic E-state index is 13.3. The van der Waals surface area contributed by atoms with E-state index < -0.39 is 39.1 Å². The predicted molar refractivity (Wildman–Crippen MR) is 155 cm³/mol. The van der Waals surface area contributed by atoms with E-state index in [0.717, 1.165) is 35.7 Å². The number of nitrogens with zero attached hydrogens (tertiary/aromatic N) is 2. The molecular weight excluding hydrogens is 587 g/mol. The summed E-state index contributed by atoms with van der Waals surface area (Å²) < 4.78 is 49.8. The molecule has 2 amide bonds. The summed E-state index contributed by atoms with van der Waals surface area (Å²) >= 11 is 5.99. The number of ether oxygens (including phenoxy) is 2. The first-order chi connectivity index (χ1) is 20.1. The summed E-state index contributed by atoms with van der Waals surface area (Å²) in [4.78, 5) is 30.1. The van der Waals surface area contributed by atoms with Crippen LogP contribution in [0.25, 0.3) is 0 Å². The van der Waals surface area contributed by atoms with Gasteiger partial charge < -0.3 is 25.0 Å². The Bertz CT molecular complexity index is 1660. The number of anilines is 2. The average molecular weight is 615 g/mol. The molecule has 0 spiro atoms. The van der Waals surface area contributed by atoms with Crippen LogP contribution in [-0.4, -0.2) is 74.8 Å². The summed E-state index contributed by atoms with van der Waals surface area (Å²) in [6.45, 7) is 3.51. The molecular formula is C29H28ClFN4O6S. The molecule has 0 aromatic heterocycles. The number of fused-ring (bicyclic) bond motifs is 2. The van der Waals surface area contributed by atoms with Gasteiger partial charge in [-0.05, 0) is 53.6 Å². The van der Waals surface area contributed by atoms with Crippen molar-refractivity contribution in [3.8, 4) is 11.5 Å². The zero-order chi connectivity index (χ0) is 29.4. The number of amides is 2. The summed E-state index contributed by atoms with van der Waals surface area (Å²) in [5.74, 6) is -0.653.